The van der Waals surface area contributed by atoms with Crippen LogP contribution in [0.5, 0.6) is 0 Å². The fourth-order valence-corrected chi connectivity index (χ4v) is 3.78. The third-order valence-electron chi connectivity index (χ3n) is 5.31. The minimum Gasteiger partial charge on any atom is -0.354 e. The molecule has 1 aliphatic rings. The number of hydrogen-bond donors (Lipinski definition) is 2. The number of aromatic nitrogens is 4. The number of benzene rings is 1. The van der Waals surface area contributed by atoms with E-state index in [2.05, 4.69) is 25.3 Å². The number of rotatable bonds is 7. The van der Waals surface area contributed by atoms with Crippen LogP contribution >= 0.6 is 11.8 Å². The molecule has 0 spiro atoms. The van der Waals surface area contributed by atoms with Gasteiger partial charge in [-0.2, -0.15) is 5.26 Å². The Balaban J connectivity index is 1.60. The van der Waals surface area contributed by atoms with Gasteiger partial charge in [0, 0.05) is 18.3 Å². The summed E-state index contributed by atoms with van der Waals surface area (Å²) in [6.45, 7) is 2.24. The van der Waals surface area contributed by atoms with E-state index in [9.17, 15) is 9.18 Å². The Morgan fingerprint density at radius 2 is 2.03 bits per heavy atom. The van der Waals surface area contributed by atoms with Gasteiger partial charge in [-0.05, 0) is 43.5 Å². The van der Waals surface area contributed by atoms with Gasteiger partial charge in [0.05, 0.1) is 48.2 Å². The summed E-state index contributed by atoms with van der Waals surface area (Å²) in [6, 6.07) is 9.76. The monoisotopic (exact) mass is 482 g/mol. The van der Waals surface area contributed by atoms with Gasteiger partial charge in [-0.3, -0.25) is 4.79 Å². The van der Waals surface area contributed by atoms with E-state index in [1.807, 2.05) is 12.3 Å². The Bertz CT molecular complexity index is 1200. The van der Waals surface area contributed by atoms with Crippen molar-refractivity contribution in [1.29, 1.82) is 5.26 Å². The summed E-state index contributed by atoms with van der Waals surface area (Å²) in [5.41, 5.74) is 1.61. The molecule has 0 unspecified atom stereocenters. The summed E-state index contributed by atoms with van der Waals surface area (Å²) in [5, 5.41) is 12.0. The van der Waals surface area contributed by atoms with Crippen LogP contribution < -0.4 is 5.32 Å². The van der Waals surface area contributed by atoms with E-state index in [0.717, 1.165) is 0 Å². The topological polar surface area (TPSA) is 126 Å². The SMILES string of the molecule is CSc1nccc(-c2[nH]c(C3OCC(C)(C(=O)NCCC#N)CO3)nc2-c2ccc(F)cc2)n1. The van der Waals surface area contributed by atoms with Crippen LogP contribution in [-0.2, 0) is 14.3 Å². The number of nitrogens with zero attached hydrogens (tertiary/aromatic N) is 4. The number of halogens is 1. The molecule has 0 atom stereocenters. The molecular weight excluding hydrogens is 459 g/mol. The number of imidazole rings is 1. The quantitative estimate of drug-likeness (QED) is 0.298. The lowest BCUT2D eigenvalue weighted by molar-refractivity contribution is -0.231. The number of nitrogens with one attached hydrogen (secondary N) is 2. The van der Waals surface area contributed by atoms with Crippen LogP contribution in [0.3, 0.4) is 0 Å². The fraction of sp³-hybridized carbons (Fsp3) is 0.348. The van der Waals surface area contributed by atoms with Crippen LogP contribution in [0.1, 0.15) is 25.5 Å². The minimum absolute atomic E-state index is 0.113. The molecule has 4 rings (SSSR count). The molecule has 3 heterocycles. The van der Waals surface area contributed by atoms with Crippen molar-refractivity contribution in [3.8, 4) is 28.7 Å². The minimum atomic E-state index is -0.888. The Kier molecular flexibility index (Phi) is 7.21. The summed E-state index contributed by atoms with van der Waals surface area (Å²) in [7, 11) is 0. The average Bonchev–Trinajstić information content (AvgIpc) is 3.30. The van der Waals surface area contributed by atoms with Crippen LogP contribution in [0.2, 0.25) is 0 Å². The summed E-state index contributed by atoms with van der Waals surface area (Å²) in [4.78, 5) is 29.2. The van der Waals surface area contributed by atoms with Gasteiger partial charge in [0.25, 0.3) is 0 Å². The summed E-state index contributed by atoms with van der Waals surface area (Å²) in [6.07, 6.45) is 2.95. The predicted molar refractivity (Wildman–Crippen MR) is 123 cm³/mol. The lowest BCUT2D eigenvalue weighted by atomic mass is 9.91. The first-order valence-corrected chi connectivity index (χ1v) is 11.8. The number of nitriles is 1. The molecule has 0 bridgehead atoms. The second kappa shape index (κ2) is 10.3. The van der Waals surface area contributed by atoms with Crippen molar-refractivity contribution in [2.75, 3.05) is 26.0 Å². The highest BCUT2D eigenvalue weighted by atomic mass is 32.2. The molecule has 2 N–H and O–H groups in total. The number of amides is 1. The number of thioether (sulfide) groups is 1. The van der Waals surface area contributed by atoms with E-state index < -0.39 is 11.7 Å². The Morgan fingerprint density at radius 1 is 1.29 bits per heavy atom. The zero-order chi connectivity index (χ0) is 24.1. The Morgan fingerprint density at radius 3 is 2.71 bits per heavy atom. The molecular formula is C23H23FN6O3S. The first kappa shape index (κ1) is 23.8. The van der Waals surface area contributed by atoms with Crippen LogP contribution in [-0.4, -0.2) is 51.9 Å². The summed E-state index contributed by atoms with van der Waals surface area (Å²) in [5.74, 6) is -0.177. The van der Waals surface area contributed by atoms with E-state index in [1.54, 1.807) is 31.3 Å². The normalized spacial score (nSPS) is 20.0. The van der Waals surface area contributed by atoms with E-state index in [0.29, 0.717) is 33.6 Å². The zero-order valence-corrected chi connectivity index (χ0v) is 19.5. The van der Waals surface area contributed by atoms with Crippen molar-refractivity contribution in [2.24, 2.45) is 5.41 Å². The molecule has 1 amide bonds. The maximum atomic E-state index is 13.5. The largest absolute Gasteiger partial charge is 0.354 e. The molecule has 1 fully saturated rings. The number of carbonyl (C=O) groups is 1. The van der Waals surface area contributed by atoms with Crippen LogP contribution in [0.25, 0.3) is 22.6 Å². The van der Waals surface area contributed by atoms with E-state index in [1.165, 1.54) is 23.9 Å². The van der Waals surface area contributed by atoms with Crippen LogP contribution in [0, 0.1) is 22.6 Å². The summed E-state index contributed by atoms with van der Waals surface area (Å²) >= 11 is 1.41. The first-order valence-electron chi connectivity index (χ1n) is 10.6. The van der Waals surface area contributed by atoms with E-state index in [-0.39, 0.29) is 37.9 Å². The van der Waals surface area contributed by atoms with Gasteiger partial charge in [0.15, 0.2) is 11.0 Å². The smallest absolute Gasteiger partial charge is 0.230 e. The van der Waals surface area contributed by atoms with Gasteiger partial charge < -0.3 is 19.8 Å². The van der Waals surface area contributed by atoms with Crippen molar-refractivity contribution >= 4 is 17.7 Å². The van der Waals surface area contributed by atoms with Crippen LogP contribution in [0.4, 0.5) is 4.39 Å². The van der Waals surface area contributed by atoms with Gasteiger partial charge in [-0.1, -0.05) is 11.8 Å². The summed E-state index contributed by atoms with van der Waals surface area (Å²) < 4.78 is 25.3. The Labute approximate surface area is 200 Å². The lowest BCUT2D eigenvalue weighted by Crippen LogP contribution is -2.48. The molecule has 176 valence electrons. The van der Waals surface area contributed by atoms with Crippen molar-refractivity contribution < 1.29 is 18.7 Å². The fourth-order valence-electron chi connectivity index (χ4n) is 3.43. The Hall–Kier alpha value is -3.33. The highest BCUT2D eigenvalue weighted by Crippen LogP contribution is 2.35. The maximum Gasteiger partial charge on any atom is 0.230 e. The maximum absolute atomic E-state index is 13.5. The van der Waals surface area contributed by atoms with Gasteiger partial charge >= 0.3 is 0 Å². The van der Waals surface area contributed by atoms with Gasteiger partial charge in [-0.25, -0.2) is 19.3 Å². The van der Waals surface area contributed by atoms with Crippen molar-refractivity contribution in [2.45, 2.75) is 24.8 Å². The molecule has 0 radical (unpaired) electrons. The molecule has 1 saturated heterocycles. The van der Waals surface area contributed by atoms with Gasteiger partial charge in [0.1, 0.15) is 5.82 Å². The number of H-pyrrole nitrogens is 1. The second-order valence-corrected chi connectivity index (χ2v) is 8.73. The van der Waals surface area contributed by atoms with Gasteiger partial charge in [0.2, 0.25) is 12.2 Å². The standard InChI is InChI=1S/C23H23FN6O3S/c1-23(21(31)26-10-3-9-25)12-32-20(33-13-23)19-29-17(14-4-6-15(24)7-5-14)18(30-19)16-8-11-27-22(28-16)34-2/h4-8,11,20H,3,10,12-13H2,1-2H3,(H,26,31)(H,29,30). The number of ether oxygens (including phenoxy) is 2. The zero-order valence-electron chi connectivity index (χ0n) is 18.7. The highest BCUT2D eigenvalue weighted by Gasteiger charge is 2.40. The molecule has 0 saturated carbocycles. The molecule has 9 nitrogen and oxygen atoms in total. The third-order valence-corrected chi connectivity index (χ3v) is 5.87. The molecule has 1 aliphatic heterocycles. The van der Waals surface area contributed by atoms with Crippen molar-refractivity contribution in [3.63, 3.8) is 0 Å². The second-order valence-electron chi connectivity index (χ2n) is 7.96. The van der Waals surface area contributed by atoms with Crippen molar-refractivity contribution in [1.82, 2.24) is 25.3 Å². The number of carbonyl (C=O) groups excluding carboxylic acids is 1. The number of aromatic amines is 1. The predicted octanol–water partition coefficient (Wildman–Crippen LogP) is 3.48. The van der Waals surface area contributed by atoms with Crippen LogP contribution in [0.15, 0.2) is 41.7 Å². The average molecular weight is 483 g/mol. The molecule has 0 aliphatic carbocycles. The van der Waals surface area contributed by atoms with Crippen molar-refractivity contribution in [3.05, 3.63) is 48.2 Å². The molecule has 2 aromatic heterocycles. The molecule has 1 aromatic carbocycles. The highest BCUT2D eigenvalue weighted by molar-refractivity contribution is 7.98. The third kappa shape index (κ3) is 5.09. The van der Waals surface area contributed by atoms with Gasteiger partial charge in [-0.15, -0.1) is 0 Å². The molecule has 34 heavy (non-hydrogen) atoms. The molecule has 11 heteroatoms. The number of hydrogen-bond acceptors (Lipinski definition) is 8. The van der Waals surface area contributed by atoms with E-state index >= 15 is 0 Å². The first-order chi connectivity index (χ1) is 16.4. The molecule has 3 aromatic rings. The van der Waals surface area contributed by atoms with E-state index in [4.69, 9.17) is 14.7 Å². The lowest BCUT2D eigenvalue weighted by Gasteiger charge is -2.35.